The molecule has 1 saturated heterocycles. The topological polar surface area (TPSA) is 83.8 Å². The normalized spacial score (nSPS) is 47.0. The number of hydrogen-bond donors (Lipinski definition) is 2. The maximum absolute atomic E-state index is 12.5. The van der Waals surface area contributed by atoms with Crippen LogP contribution in [0.25, 0.3) is 0 Å². The zero-order valence-electron chi connectivity index (χ0n) is 11.1. The average molecular weight is 299 g/mol. The summed E-state index contributed by atoms with van der Waals surface area (Å²) in [5.41, 5.74) is -2.39. The van der Waals surface area contributed by atoms with Crippen LogP contribution in [0.15, 0.2) is 22.8 Å². The Morgan fingerprint density at radius 2 is 2.25 bits per heavy atom. The summed E-state index contributed by atoms with van der Waals surface area (Å²) >= 11 is 5.92. The number of allylic oxidation sites excluding steroid dienone is 3. The van der Waals surface area contributed by atoms with Crippen molar-refractivity contribution in [1.82, 2.24) is 0 Å². The first kappa shape index (κ1) is 13.9. The molecule has 1 spiro atoms. The van der Waals surface area contributed by atoms with Crippen LogP contribution in [0.2, 0.25) is 0 Å². The summed E-state index contributed by atoms with van der Waals surface area (Å²) in [5, 5.41) is 20.3. The number of Topliss-reactive ketones (excluding diaryl/α,β-unsaturated/α-hetero) is 1. The van der Waals surface area contributed by atoms with E-state index in [1.54, 1.807) is 13.8 Å². The van der Waals surface area contributed by atoms with Crippen LogP contribution in [-0.2, 0) is 14.3 Å². The van der Waals surface area contributed by atoms with Gasteiger partial charge in [-0.1, -0.05) is 17.7 Å². The lowest BCUT2D eigenvalue weighted by Gasteiger charge is -2.36. The molecule has 0 radical (unpaired) electrons. The smallest absolute Gasteiger partial charge is 0.245 e. The van der Waals surface area contributed by atoms with Gasteiger partial charge in [-0.05, 0) is 26.3 Å². The quantitative estimate of drug-likeness (QED) is 0.783. The molecule has 2 aliphatic carbocycles. The number of halogens is 1. The molecule has 1 saturated carbocycles. The second-order valence-corrected chi connectivity index (χ2v) is 6.24. The lowest BCUT2D eigenvalue weighted by Crippen LogP contribution is -2.55. The van der Waals surface area contributed by atoms with Gasteiger partial charge in [0.2, 0.25) is 11.6 Å². The molecule has 20 heavy (non-hydrogen) atoms. The highest BCUT2D eigenvalue weighted by Crippen LogP contribution is 2.73. The molecule has 4 unspecified atom stereocenters. The summed E-state index contributed by atoms with van der Waals surface area (Å²) in [6.45, 7) is 2.86. The molecule has 108 valence electrons. The van der Waals surface area contributed by atoms with Crippen molar-refractivity contribution >= 4 is 23.2 Å². The molecule has 1 heterocycles. The van der Waals surface area contributed by atoms with Crippen LogP contribution in [0.1, 0.15) is 20.3 Å². The van der Waals surface area contributed by atoms with Gasteiger partial charge >= 0.3 is 0 Å². The minimum atomic E-state index is -2.22. The van der Waals surface area contributed by atoms with Crippen molar-refractivity contribution in [3.63, 3.8) is 0 Å². The molecule has 4 atom stereocenters. The van der Waals surface area contributed by atoms with E-state index >= 15 is 0 Å². The first-order chi connectivity index (χ1) is 9.26. The molecule has 0 aromatic heterocycles. The Balaban J connectivity index is 2.14. The number of carbonyl (C=O) groups is 2. The van der Waals surface area contributed by atoms with Crippen molar-refractivity contribution in [3.05, 3.63) is 22.8 Å². The summed E-state index contributed by atoms with van der Waals surface area (Å²) in [4.78, 5) is 24.9. The van der Waals surface area contributed by atoms with Gasteiger partial charge in [-0.3, -0.25) is 9.59 Å². The summed E-state index contributed by atoms with van der Waals surface area (Å²) in [6, 6.07) is 0. The average Bonchev–Trinajstić information content (AvgIpc) is 3.15. The number of carbonyl (C=O) groups excluding carboxylic acids is 2. The van der Waals surface area contributed by atoms with Crippen LogP contribution in [0.3, 0.4) is 0 Å². The molecule has 6 heteroatoms. The van der Waals surface area contributed by atoms with Gasteiger partial charge in [0, 0.05) is 16.5 Å². The van der Waals surface area contributed by atoms with Crippen LogP contribution in [-0.4, -0.2) is 39.8 Å². The monoisotopic (exact) mass is 298 g/mol. The van der Waals surface area contributed by atoms with E-state index in [1.807, 2.05) is 0 Å². The SMILES string of the molecule is CC=C(Cl)C1=CC(=O)C23CC2C(C)(CO)OC3(O)C1=O. The molecule has 2 N–H and O–H groups in total. The van der Waals surface area contributed by atoms with E-state index in [9.17, 15) is 19.8 Å². The summed E-state index contributed by atoms with van der Waals surface area (Å²) in [7, 11) is 0. The maximum atomic E-state index is 12.5. The lowest BCUT2D eigenvalue weighted by molar-refractivity contribution is -0.247. The zero-order valence-corrected chi connectivity index (χ0v) is 11.9. The van der Waals surface area contributed by atoms with Gasteiger partial charge in [-0.2, -0.15) is 0 Å². The van der Waals surface area contributed by atoms with E-state index in [0.717, 1.165) is 0 Å². The summed E-state index contributed by atoms with van der Waals surface area (Å²) < 4.78 is 5.46. The first-order valence-electron chi connectivity index (χ1n) is 6.43. The van der Waals surface area contributed by atoms with Crippen LogP contribution in [0, 0.1) is 11.3 Å². The molecule has 0 aromatic rings. The number of hydrogen-bond acceptors (Lipinski definition) is 5. The Morgan fingerprint density at radius 3 is 2.80 bits per heavy atom. The molecule has 0 aromatic carbocycles. The maximum Gasteiger partial charge on any atom is 0.245 e. The van der Waals surface area contributed by atoms with E-state index in [1.165, 1.54) is 12.2 Å². The van der Waals surface area contributed by atoms with Crippen molar-refractivity contribution in [3.8, 4) is 0 Å². The fraction of sp³-hybridized carbons (Fsp3) is 0.571. The second kappa shape index (κ2) is 3.80. The molecule has 3 rings (SSSR count). The van der Waals surface area contributed by atoms with Crippen molar-refractivity contribution in [2.45, 2.75) is 31.7 Å². The lowest BCUT2D eigenvalue weighted by atomic mass is 9.77. The van der Waals surface area contributed by atoms with Gasteiger partial charge in [0.1, 0.15) is 5.41 Å². The van der Waals surface area contributed by atoms with Crippen LogP contribution in [0.5, 0.6) is 0 Å². The van der Waals surface area contributed by atoms with Crippen molar-refractivity contribution in [2.75, 3.05) is 6.61 Å². The van der Waals surface area contributed by atoms with Gasteiger partial charge in [0.25, 0.3) is 0 Å². The van der Waals surface area contributed by atoms with Crippen LogP contribution in [0.4, 0.5) is 0 Å². The Kier molecular flexibility index (Phi) is 2.65. The number of rotatable bonds is 2. The highest BCUT2D eigenvalue weighted by Gasteiger charge is 2.85. The van der Waals surface area contributed by atoms with Gasteiger partial charge in [-0.25, -0.2) is 0 Å². The van der Waals surface area contributed by atoms with Gasteiger partial charge in [0.15, 0.2) is 5.78 Å². The Bertz CT molecular complexity index is 594. The highest BCUT2D eigenvalue weighted by atomic mass is 35.5. The molecule has 0 amide bonds. The third-order valence-corrected chi connectivity index (χ3v) is 5.20. The van der Waals surface area contributed by atoms with Crippen molar-refractivity contribution in [1.29, 1.82) is 0 Å². The van der Waals surface area contributed by atoms with E-state index in [2.05, 4.69) is 0 Å². The first-order valence-corrected chi connectivity index (χ1v) is 6.81. The summed E-state index contributed by atoms with van der Waals surface area (Å²) in [6.07, 6.45) is 3.00. The highest BCUT2D eigenvalue weighted by molar-refractivity contribution is 6.37. The number of aliphatic hydroxyl groups is 2. The van der Waals surface area contributed by atoms with Crippen LogP contribution < -0.4 is 0 Å². The molecule has 2 fully saturated rings. The minimum absolute atomic E-state index is 0.0415. The molecular weight excluding hydrogens is 284 g/mol. The van der Waals surface area contributed by atoms with Crippen molar-refractivity contribution < 1.29 is 24.5 Å². The third kappa shape index (κ3) is 1.29. The van der Waals surface area contributed by atoms with Gasteiger partial charge in [-0.15, -0.1) is 0 Å². The van der Waals surface area contributed by atoms with Gasteiger partial charge < -0.3 is 14.9 Å². The second-order valence-electron chi connectivity index (χ2n) is 5.83. The van der Waals surface area contributed by atoms with E-state index in [4.69, 9.17) is 16.3 Å². The van der Waals surface area contributed by atoms with E-state index in [0.29, 0.717) is 6.42 Å². The van der Waals surface area contributed by atoms with Crippen LogP contribution >= 0.6 is 11.6 Å². The van der Waals surface area contributed by atoms with Crippen molar-refractivity contribution in [2.24, 2.45) is 11.3 Å². The predicted molar refractivity (Wildman–Crippen MR) is 69.8 cm³/mol. The molecule has 3 aliphatic rings. The van der Waals surface area contributed by atoms with E-state index < -0.39 is 22.6 Å². The molecule has 0 bridgehead atoms. The minimum Gasteiger partial charge on any atom is -0.393 e. The molecule has 5 nitrogen and oxygen atoms in total. The number of ether oxygens (including phenoxy) is 1. The standard InChI is InChI=1S/C14H15ClO5/c1-3-8(15)7-4-10(17)13-5-9(13)12(2,6-16)20-14(13,19)11(7)18/h3-4,9,16,19H,5-6H2,1-2H3. The Hall–Kier alpha value is -1.01. The summed E-state index contributed by atoms with van der Waals surface area (Å²) in [5.74, 6) is -3.65. The fourth-order valence-electron chi connectivity index (χ4n) is 3.55. The molecular formula is C14H15ClO5. The van der Waals surface area contributed by atoms with Gasteiger partial charge in [0.05, 0.1) is 12.2 Å². The fourth-order valence-corrected chi connectivity index (χ4v) is 3.69. The zero-order chi connectivity index (χ0) is 14.9. The number of ketones is 2. The Morgan fingerprint density at radius 1 is 1.60 bits per heavy atom. The Labute approximate surface area is 120 Å². The largest absolute Gasteiger partial charge is 0.393 e. The van der Waals surface area contributed by atoms with E-state index in [-0.39, 0.29) is 28.9 Å². The number of aliphatic hydroxyl groups excluding tert-OH is 1. The molecule has 1 aliphatic heterocycles. The third-order valence-electron chi connectivity index (χ3n) is 4.78. The predicted octanol–water partition coefficient (Wildman–Crippen LogP) is 0.683.